The SMILES string of the molecule is Nc1cccc(C2CN(C(=O)CCc3c[nH]c4ccccc34)CCO2)n1. The van der Waals surface area contributed by atoms with Crippen LogP contribution in [-0.4, -0.2) is 40.5 Å². The number of amides is 1. The van der Waals surface area contributed by atoms with E-state index in [0.29, 0.717) is 31.9 Å². The van der Waals surface area contributed by atoms with E-state index in [9.17, 15) is 4.79 Å². The zero-order valence-electron chi connectivity index (χ0n) is 14.5. The monoisotopic (exact) mass is 350 g/mol. The van der Waals surface area contributed by atoms with Crippen LogP contribution in [0.3, 0.4) is 0 Å². The average molecular weight is 350 g/mol. The number of H-pyrrole nitrogens is 1. The summed E-state index contributed by atoms with van der Waals surface area (Å²) in [6, 6.07) is 13.7. The first-order valence-corrected chi connectivity index (χ1v) is 8.87. The number of nitrogen functional groups attached to an aromatic ring is 1. The van der Waals surface area contributed by atoms with Gasteiger partial charge in [-0.25, -0.2) is 4.98 Å². The molecular formula is C20H22N4O2. The van der Waals surface area contributed by atoms with Crippen molar-refractivity contribution in [3.63, 3.8) is 0 Å². The Hall–Kier alpha value is -2.86. The third-order valence-corrected chi connectivity index (χ3v) is 4.82. The second-order valence-electron chi connectivity index (χ2n) is 6.55. The molecule has 26 heavy (non-hydrogen) atoms. The van der Waals surface area contributed by atoms with E-state index in [2.05, 4.69) is 16.0 Å². The third kappa shape index (κ3) is 3.41. The number of anilines is 1. The molecule has 0 radical (unpaired) electrons. The highest BCUT2D eigenvalue weighted by Gasteiger charge is 2.26. The molecule has 1 aromatic carbocycles. The van der Waals surface area contributed by atoms with Crippen LogP contribution in [0.4, 0.5) is 5.82 Å². The van der Waals surface area contributed by atoms with Gasteiger partial charge >= 0.3 is 0 Å². The summed E-state index contributed by atoms with van der Waals surface area (Å²) in [5.74, 6) is 0.612. The summed E-state index contributed by atoms with van der Waals surface area (Å²) in [4.78, 5) is 22.1. The zero-order chi connectivity index (χ0) is 17.9. The molecule has 2 aromatic heterocycles. The second-order valence-corrected chi connectivity index (χ2v) is 6.55. The first-order chi connectivity index (χ1) is 12.7. The van der Waals surface area contributed by atoms with Gasteiger partial charge in [-0.1, -0.05) is 24.3 Å². The van der Waals surface area contributed by atoms with Crippen LogP contribution in [0.15, 0.2) is 48.7 Å². The summed E-state index contributed by atoms with van der Waals surface area (Å²) in [6.45, 7) is 1.65. The molecule has 6 nitrogen and oxygen atoms in total. The topological polar surface area (TPSA) is 84.2 Å². The number of nitrogens with zero attached hydrogens (tertiary/aromatic N) is 2. The number of benzene rings is 1. The van der Waals surface area contributed by atoms with Crippen LogP contribution < -0.4 is 5.73 Å². The summed E-state index contributed by atoms with van der Waals surface area (Å²) in [6.07, 6.45) is 2.99. The van der Waals surface area contributed by atoms with Gasteiger partial charge in [-0.3, -0.25) is 4.79 Å². The molecule has 0 aliphatic carbocycles. The van der Waals surface area contributed by atoms with Crippen molar-refractivity contribution in [3.05, 3.63) is 59.9 Å². The van der Waals surface area contributed by atoms with Crippen LogP contribution in [0.1, 0.15) is 23.8 Å². The van der Waals surface area contributed by atoms with Crippen molar-refractivity contribution in [2.24, 2.45) is 0 Å². The molecule has 1 amide bonds. The molecule has 3 aromatic rings. The number of pyridine rings is 1. The molecule has 0 saturated carbocycles. The van der Waals surface area contributed by atoms with E-state index in [1.807, 2.05) is 41.4 Å². The van der Waals surface area contributed by atoms with E-state index in [1.165, 1.54) is 10.9 Å². The van der Waals surface area contributed by atoms with Crippen LogP contribution in [0.5, 0.6) is 0 Å². The van der Waals surface area contributed by atoms with Gasteiger partial charge in [0.2, 0.25) is 5.91 Å². The van der Waals surface area contributed by atoms with Crippen molar-refractivity contribution in [1.29, 1.82) is 0 Å². The number of aryl methyl sites for hydroxylation is 1. The highest BCUT2D eigenvalue weighted by molar-refractivity contribution is 5.84. The predicted octanol–water partition coefficient (Wildman–Crippen LogP) is 2.68. The molecule has 4 rings (SSSR count). The molecule has 3 N–H and O–H groups in total. The number of nitrogens with two attached hydrogens (primary N) is 1. The maximum absolute atomic E-state index is 12.7. The number of fused-ring (bicyclic) bond motifs is 1. The normalized spacial score (nSPS) is 17.5. The fraction of sp³-hybridized carbons (Fsp3) is 0.300. The van der Waals surface area contributed by atoms with Gasteiger partial charge in [-0.15, -0.1) is 0 Å². The molecule has 1 aliphatic heterocycles. The molecule has 1 atom stereocenters. The fourth-order valence-electron chi connectivity index (χ4n) is 3.44. The molecule has 3 heterocycles. The van der Waals surface area contributed by atoms with E-state index < -0.39 is 0 Å². The minimum atomic E-state index is -0.218. The predicted molar refractivity (Wildman–Crippen MR) is 101 cm³/mol. The minimum Gasteiger partial charge on any atom is -0.384 e. The molecule has 0 bridgehead atoms. The van der Waals surface area contributed by atoms with E-state index in [1.54, 1.807) is 6.07 Å². The Morgan fingerprint density at radius 1 is 1.27 bits per heavy atom. The van der Waals surface area contributed by atoms with Gasteiger partial charge in [0.1, 0.15) is 11.9 Å². The van der Waals surface area contributed by atoms with E-state index in [0.717, 1.165) is 17.6 Å². The summed E-state index contributed by atoms with van der Waals surface area (Å²) in [5, 5.41) is 1.18. The number of carbonyl (C=O) groups is 1. The Bertz CT molecular complexity index is 921. The quantitative estimate of drug-likeness (QED) is 0.758. The Kier molecular flexibility index (Phi) is 4.58. The number of aromatic nitrogens is 2. The first-order valence-electron chi connectivity index (χ1n) is 8.87. The van der Waals surface area contributed by atoms with E-state index in [-0.39, 0.29) is 12.0 Å². The lowest BCUT2D eigenvalue weighted by Gasteiger charge is -2.32. The molecule has 6 heteroatoms. The number of nitrogens with one attached hydrogen (secondary N) is 1. The average Bonchev–Trinajstić information content (AvgIpc) is 3.09. The maximum atomic E-state index is 12.7. The van der Waals surface area contributed by atoms with Crippen LogP contribution >= 0.6 is 0 Å². The number of hydrogen-bond acceptors (Lipinski definition) is 4. The van der Waals surface area contributed by atoms with E-state index in [4.69, 9.17) is 10.5 Å². The molecule has 1 saturated heterocycles. The molecule has 1 aliphatic rings. The Morgan fingerprint density at radius 3 is 3.04 bits per heavy atom. The number of rotatable bonds is 4. The summed E-state index contributed by atoms with van der Waals surface area (Å²) in [7, 11) is 0. The van der Waals surface area contributed by atoms with E-state index >= 15 is 0 Å². The van der Waals surface area contributed by atoms with Gasteiger partial charge < -0.3 is 20.4 Å². The zero-order valence-corrected chi connectivity index (χ0v) is 14.5. The van der Waals surface area contributed by atoms with Crippen LogP contribution in [0.25, 0.3) is 10.9 Å². The maximum Gasteiger partial charge on any atom is 0.223 e. The van der Waals surface area contributed by atoms with Gasteiger partial charge in [0, 0.05) is 30.1 Å². The van der Waals surface area contributed by atoms with Crippen molar-refractivity contribution in [3.8, 4) is 0 Å². The number of carbonyl (C=O) groups excluding carboxylic acids is 1. The van der Waals surface area contributed by atoms with Gasteiger partial charge in [-0.2, -0.15) is 0 Å². The molecule has 134 valence electrons. The lowest BCUT2D eigenvalue weighted by atomic mass is 10.1. The number of aromatic amines is 1. The van der Waals surface area contributed by atoms with Crippen LogP contribution in [0, 0.1) is 0 Å². The molecule has 0 spiro atoms. The van der Waals surface area contributed by atoms with Gasteiger partial charge in [0.15, 0.2) is 0 Å². The van der Waals surface area contributed by atoms with Crippen LogP contribution in [-0.2, 0) is 16.0 Å². The fourth-order valence-corrected chi connectivity index (χ4v) is 3.44. The van der Waals surface area contributed by atoms with Gasteiger partial charge in [0.25, 0.3) is 0 Å². The Morgan fingerprint density at radius 2 is 2.15 bits per heavy atom. The third-order valence-electron chi connectivity index (χ3n) is 4.82. The number of ether oxygens (including phenoxy) is 1. The second kappa shape index (κ2) is 7.17. The van der Waals surface area contributed by atoms with Crippen molar-refractivity contribution in [1.82, 2.24) is 14.9 Å². The van der Waals surface area contributed by atoms with Gasteiger partial charge in [0.05, 0.1) is 18.8 Å². The summed E-state index contributed by atoms with van der Waals surface area (Å²) in [5.41, 5.74) is 8.82. The number of morpholine rings is 1. The Labute approximate surface area is 152 Å². The van der Waals surface area contributed by atoms with Crippen LogP contribution in [0.2, 0.25) is 0 Å². The largest absolute Gasteiger partial charge is 0.384 e. The molecular weight excluding hydrogens is 328 g/mol. The number of para-hydroxylation sites is 1. The van der Waals surface area contributed by atoms with Crippen molar-refractivity contribution in [2.75, 3.05) is 25.4 Å². The lowest BCUT2D eigenvalue weighted by Crippen LogP contribution is -2.42. The van der Waals surface area contributed by atoms with Crippen molar-refractivity contribution >= 4 is 22.6 Å². The first kappa shape index (κ1) is 16.6. The minimum absolute atomic E-state index is 0.146. The lowest BCUT2D eigenvalue weighted by molar-refractivity contribution is -0.139. The standard InChI is InChI=1S/C20H22N4O2/c21-19-7-3-6-17(23-19)18-13-24(10-11-26-18)20(25)9-8-14-12-22-16-5-2-1-4-15(14)16/h1-7,12,18,22H,8-11,13H2,(H2,21,23). The molecule has 1 fully saturated rings. The van der Waals surface area contributed by atoms with Crippen molar-refractivity contribution in [2.45, 2.75) is 18.9 Å². The highest BCUT2D eigenvalue weighted by Crippen LogP contribution is 2.23. The highest BCUT2D eigenvalue weighted by atomic mass is 16.5. The van der Waals surface area contributed by atoms with Crippen molar-refractivity contribution < 1.29 is 9.53 Å². The molecule has 1 unspecified atom stereocenters. The number of hydrogen-bond donors (Lipinski definition) is 2. The summed E-state index contributed by atoms with van der Waals surface area (Å²) >= 11 is 0. The Balaban J connectivity index is 1.40. The van der Waals surface area contributed by atoms with Gasteiger partial charge in [-0.05, 0) is 30.2 Å². The summed E-state index contributed by atoms with van der Waals surface area (Å²) < 4.78 is 5.79. The smallest absolute Gasteiger partial charge is 0.223 e.